The van der Waals surface area contributed by atoms with Gasteiger partial charge in [-0.05, 0) is 72.3 Å². The summed E-state index contributed by atoms with van der Waals surface area (Å²) in [6, 6.07) is 17.9. The van der Waals surface area contributed by atoms with Gasteiger partial charge in [0.15, 0.2) is 11.8 Å². The van der Waals surface area contributed by atoms with Crippen molar-refractivity contribution in [3.05, 3.63) is 95.0 Å². The van der Waals surface area contributed by atoms with Crippen LogP contribution in [0.5, 0.6) is 5.75 Å². The second-order valence-corrected chi connectivity index (χ2v) is 10.2. The number of carbonyl (C=O) groups is 1. The van der Waals surface area contributed by atoms with Crippen molar-refractivity contribution in [1.29, 1.82) is 0 Å². The quantitative estimate of drug-likeness (QED) is 0.309. The lowest BCUT2D eigenvalue weighted by Gasteiger charge is -2.30. The highest BCUT2D eigenvalue weighted by molar-refractivity contribution is 7.92. The number of sulfonamides is 1. The van der Waals surface area contributed by atoms with Gasteiger partial charge in [0.25, 0.3) is 15.9 Å². The van der Waals surface area contributed by atoms with Crippen LogP contribution < -0.4 is 14.4 Å². The zero-order valence-corrected chi connectivity index (χ0v) is 20.6. The molecule has 1 aliphatic heterocycles. The number of ether oxygens (including phenoxy) is 1. The number of rotatable bonds is 5. The Hall–Kier alpha value is -3.66. The van der Waals surface area contributed by atoms with Crippen molar-refractivity contribution < 1.29 is 22.3 Å². The fourth-order valence-corrected chi connectivity index (χ4v) is 5.25. The minimum Gasteiger partial charge on any atom is -0.482 e. The van der Waals surface area contributed by atoms with Crippen LogP contribution in [-0.4, -0.2) is 25.9 Å². The molecule has 0 atom stereocenters. The SMILES string of the molecule is O=C1COc2ccc(-c3ccnc(Cl)c3NS(=O)(=O)c3ccc(F)cc3)cc2N1c1ccc(Cl)cc1. The van der Waals surface area contributed by atoms with Crippen molar-refractivity contribution in [2.45, 2.75) is 4.90 Å². The van der Waals surface area contributed by atoms with Crippen LogP contribution in [0.15, 0.2) is 83.9 Å². The number of fused-ring (bicyclic) bond motifs is 1. The fraction of sp³-hybridized carbons (Fsp3) is 0.0400. The summed E-state index contributed by atoms with van der Waals surface area (Å²) in [6.07, 6.45) is 1.44. The van der Waals surface area contributed by atoms with Crippen molar-refractivity contribution in [2.24, 2.45) is 0 Å². The lowest BCUT2D eigenvalue weighted by Crippen LogP contribution is -2.35. The summed E-state index contributed by atoms with van der Waals surface area (Å²) >= 11 is 12.3. The van der Waals surface area contributed by atoms with Crippen molar-refractivity contribution in [2.75, 3.05) is 16.2 Å². The van der Waals surface area contributed by atoms with Crippen LogP contribution in [0.2, 0.25) is 10.2 Å². The lowest BCUT2D eigenvalue weighted by molar-refractivity contribution is -0.120. The molecular formula is C25H16Cl2FN3O4S. The van der Waals surface area contributed by atoms with E-state index in [1.54, 1.807) is 48.5 Å². The number of pyridine rings is 1. The minimum absolute atomic E-state index is 0.0320. The summed E-state index contributed by atoms with van der Waals surface area (Å²) in [4.78, 5) is 18.2. The molecule has 0 saturated carbocycles. The second-order valence-electron chi connectivity index (χ2n) is 7.76. The molecule has 0 fully saturated rings. The van der Waals surface area contributed by atoms with E-state index < -0.39 is 15.8 Å². The highest BCUT2D eigenvalue weighted by Crippen LogP contribution is 2.42. The number of hydrogen-bond acceptors (Lipinski definition) is 5. The lowest BCUT2D eigenvalue weighted by atomic mass is 10.0. The Kier molecular flexibility index (Phi) is 6.29. The molecule has 3 aromatic carbocycles. The monoisotopic (exact) mass is 543 g/mol. The predicted molar refractivity (Wildman–Crippen MR) is 136 cm³/mol. The van der Waals surface area contributed by atoms with Gasteiger partial charge in [-0.2, -0.15) is 0 Å². The Labute approximate surface area is 216 Å². The Morgan fingerprint density at radius 2 is 1.69 bits per heavy atom. The standard InChI is InChI=1S/C25H16Cl2FN3O4S/c26-16-2-6-18(7-3-16)31-21-13-15(1-10-22(21)35-14-23(31)32)20-11-12-29-25(27)24(20)30-36(33,34)19-8-4-17(28)5-9-19/h1-13,30H,14H2. The number of nitrogens with one attached hydrogen (secondary N) is 1. The smallest absolute Gasteiger partial charge is 0.269 e. The first-order chi connectivity index (χ1) is 17.2. The molecule has 1 N–H and O–H groups in total. The van der Waals surface area contributed by atoms with Gasteiger partial charge in [0.1, 0.15) is 11.6 Å². The first-order valence-corrected chi connectivity index (χ1v) is 12.8. The predicted octanol–water partition coefficient (Wildman–Crippen LogP) is 6.05. The summed E-state index contributed by atoms with van der Waals surface area (Å²) < 4.78 is 47.3. The number of hydrogen-bond donors (Lipinski definition) is 1. The van der Waals surface area contributed by atoms with E-state index in [1.165, 1.54) is 11.1 Å². The third-order valence-corrected chi connectivity index (χ3v) is 7.37. The normalized spacial score (nSPS) is 13.2. The molecule has 0 saturated heterocycles. The first kappa shape index (κ1) is 24.1. The van der Waals surface area contributed by atoms with E-state index in [1.807, 2.05) is 0 Å². The highest BCUT2D eigenvalue weighted by Gasteiger charge is 2.28. The van der Waals surface area contributed by atoms with E-state index in [-0.39, 0.29) is 28.3 Å². The maximum Gasteiger partial charge on any atom is 0.269 e. The molecule has 1 aliphatic rings. The van der Waals surface area contributed by atoms with Crippen LogP contribution in [0, 0.1) is 5.82 Å². The third-order valence-electron chi connectivity index (χ3n) is 5.46. The number of halogens is 3. The maximum atomic E-state index is 13.3. The minimum atomic E-state index is -4.11. The van der Waals surface area contributed by atoms with Crippen LogP contribution in [0.4, 0.5) is 21.5 Å². The molecule has 0 bridgehead atoms. The van der Waals surface area contributed by atoms with Gasteiger partial charge >= 0.3 is 0 Å². The van der Waals surface area contributed by atoms with Gasteiger partial charge in [0.05, 0.1) is 16.3 Å². The number of amides is 1. The van der Waals surface area contributed by atoms with Gasteiger partial charge in [0, 0.05) is 22.5 Å². The Balaban J connectivity index is 1.59. The number of carbonyl (C=O) groups excluding carboxylic acids is 1. The average molecular weight is 544 g/mol. The molecule has 7 nitrogen and oxygen atoms in total. The largest absolute Gasteiger partial charge is 0.482 e. The Morgan fingerprint density at radius 1 is 0.972 bits per heavy atom. The second kappa shape index (κ2) is 9.42. The summed E-state index contributed by atoms with van der Waals surface area (Å²) in [6.45, 7) is -0.140. The van der Waals surface area contributed by atoms with Gasteiger partial charge in [-0.15, -0.1) is 0 Å². The van der Waals surface area contributed by atoms with Crippen LogP contribution in [0.25, 0.3) is 11.1 Å². The molecule has 4 aromatic rings. The Morgan fingerprint density at radius 3 is 2.42 bits per heavy atom. The van der Waals surface area contributed by atoms with E-state index in [4.69, 9.17) is 27.9 Å². The third kappa shape index (κ3) is 4.60. The van der Waals surface area contributed by atoms with Crippen LogP contribution in [-0.2, 0) is 14.8 Å². The average Bonchev–Trinajstić information content (AvgIpc) is 2.86. The molecule has 0 radical (unpaired) electrons. The first-order valence-electron chi connectivity index (χ1n) is 10.5. The molecule has 1 aromatic heterocycles. The van der Waals surface area contributed by atoms with Crippen LogP contribution in [0.3, 0.4) is 0 Å². The molecule has 11 heteroatoms. The molecule has 0 unspecified atom stereocenters. The van der Waals surface area contributed by atoms with Gasteiger partial charge in [-0.1, -0.05) is 29.3 Å². The summed E-state index contributed by atoms with van der Waals surface area (Å²) in [5.74, 6) is -0.376. The fourth-order valence-electron chi connectivity index (χ4n) is 3.77. The summed E-state index contributed by atoms with van der Waals surface area (Å²) in [5.41, 5.74) is 2.05. The van der Waals surface area contributed by atoms with E-state index in [9.17, 15) is 17.6 Å². The van der Waals surface area contributed by atoms with E-state index in [0.717, 1.165) is 24.3 Å². The molecule has 36 heavy (non-hydrogen) atoms. The zero-order chi connectivity index (χ0) is 25.4. The van der Waals surface area contributed by atoms with Crippen molar-refractivity contribution >= 4 is 56.2 Å². The van der Waals surface area contributed by atoms with Gasteiger partial charge < -0.3 is 4.74 Å². The molecule has 182 valence electrons. The Bertz CT molecular complexity index is 1580. The van der Waals surface area contributed by atoms with Crippen LogP contribution in [0.1, 0.15) is 0 Å². The molecular weight excluding hydrogens is 528 g/mol. The highest BCUT2D eigenvalue weighted by atomic mass is 35.5. The van der Waals surface area contributed by atoms with Crippen molar-refractivity contribution in [3.8, 4) is 16.9 Å². The molecule has 0 aliphatic carbocycles. The topological polar surface area (TPSA) is 88.6 Å². The van der Waals surface area contributed by atoms with E-state index >= 15 is 0 Å². The van der Waals surface area contributed by atoms with E-state index in [2.05, 4.69) is 9.71 Å². The molecule has 1 amide bonds. The summed E-state index contributed by atoms with van der Waals surface area (Å²) in [5, 5.41) is 0.440. The van der Waals surface area contributed by atoms with E-state index in [0.29, 0.717) is 33.3 Å². The van der Waals surface area contributed by atoms with Crippen molar-refractivity contribution in [1.82, 2.24) is 4.98 Å². The van der Waals surface area contributed by atoms with Gasteiger partial charge in [-0.3, -0.25) is 14.4 Å². The number of aromatic nitrogens is 1. The molecule has 0 spiro atoms. The van der Waals surface area contributed by atoms with Crippen molar-refractivity contribution in [3.63, 3.8) is 0 Å². The van der Waals surface area contributed by atoms with Crippen LogP contribution >= 0.6 is 23.2 Å². The summed E-state index contributed by atoms with van der Waals surface area (Å²) in [7, 11) is -4.11. The molecule has 5 rings (SSSR count). The number of anilines is 3. The number of nitrogens with zero attached hydrogens (tertiary/aromatic N) is 2. The molecule has 2 heterocycles. The zero-order valence-electron chi connectivity index (χ0n) is 18.3. The number of benzene rings is 3. The van der Waals surface area contributed by atoms with Gasteiger partial charge in [0.2, 0.25) is 0 Å². The maximum absolute atomic E-state index is 13.3. The van der Waals surface area contributed by atoms with Gasteiger partial charge in [-0.25, -0.2) is 17.8 Å².